The second-order valence-corrected chi connectivity index (χ2v) is 5.40. The smallest absolute Gasteiger partial charge is 0.326 e. The van der Waals surface area contributed by atoms with Gasteiger partial charge in [-0.15, -0.1) is 0 Å². The van der Waals surface area contributed by atoms with E-state index in [2.05, 4.69) is 10.3 Å². The van der Waals surface area contributed by atoms with Crippen molar-refractivity contribution in [1.82, 2.24) is 15.3 Å². The molecule has 2 aromatic rings. The predicted octanol–water partition coefficient (Wildman–Crippen LogP) is 0.371. The topological polar surface area (TPSA) is 121 Å². The molecule has 1 aromatic heterocycles. The normalized spacial score (nSPS) is 16.3. The van der Waals surface area contributed by atoms with E-state index in [1.807, 2.05) is 30.1 Å². The lowest BCUT2D eigenvalue weighted by molar-refractivity contribution is 0.0932. The molecule has 0 saturated carbocycles. The van der Waals surface area contributed by atoms with Crippen molar-refractivity contribution >= 4 is 11.6 Å². The lowest BCUT2D eigenvalue weighted by atomic mass is 10.0. The largest absolute Gasteiger partial charge is 0.392 e. The number of carbonyl (C=O) groups is 1. The average Bonchev–Trinajstić information content (AvgIpc) is 2.87. The number of benzene rings is 1. The molecule has 1 aliphatic carbocycles. The van der Waals surface area contributed by atoms with Gasteiger partial charge < -0.3 is 16.0 Å². The third-order valence-electron chi connectivity index (χ3n) is 4.02. The van der Waals surface area contributed by atoms with Gasteiger partial charge in [0.1, 0.15) is 11.4 Å². The van der Waals surface area contributed by atoms with Gasteiger partial charge in [0.05, 0.1) is 6.04 Å². The van der Waals surface area contributed by atoms with Crippen LogP contribution in [-0.2, 0) is 6.42 Å². The van der Waals surface area contributed by atoms with Gasteiger partial charge >= 0.3 is 5.69 Å². The van der Waals surface area contributed by atoms with E-state index >= 15 is 0 Å². The number of anilines is 1. The highest BCUT2D eigenvalue weighted by Gasteiger charge is 2.26. The molecular weight excluding hydrogens is 284 g/mol. The number of hydrogen-bond donors (Lipinski definition) is 4. The number of rotatable bonds is 2. The molecule has 0 unspecified atom stereocenters. The van der Waals surface area contributed by atoms with Crippen molar-refractivity contribution < 1.29 is 4.79 Å². The molecule has 1 heterocycles. The van der Waals surface area contributed by atoms with Crippen LogP contribution in [0.3, 0.4) is 0 Å². The molecule has 0 radical (unpaired) electrons. The number of carbonyl (C=O) groups excluding carboxylic acids is 1. The minimum Gasteiger partial charge on any atom is -0.392 e. The molecule has 22 heavy (non-hydrogen) atoms. The fourth-order valence-electron chi connectivity index (χ4n) is 2.89. The van der Waals surface area contributed by atoms with Crippen LogP contribution in [0.15, 0.2) is 27.8 Å². The van der Waals surface area contributed by atoms with Crippen LogP contribution >= 0.6 is 0 Å². The maximum Gasteiger partial charge on any atom is 0.326 e. The van der Waals surface area contributed by atoms with Crippen molar-refractivity contribution in [2.75, 3.05) is 5.73 Å². The molecule has 7 nitrogen and oxygen atoms in total. The van der Waals surface area contributed by atoms with E-state index in [1.54, 1.807) is 0 Å². The summed E-state index contributed by atoms with van der Waals surface area (Å²) in [6, 6.07) is 5.81. The van der Waals surface area contributed by atoms with Crippen LogP contribution in [0.5, 0.6) is 0 Å². The fourth-order valence-corrected chi connectivity index (χ4v) is 2.89. The van der Waals surface area contributed by atoms with Crippen molar-refractivity contribution in [3.8, 4) is 0 Å². The fraction of sp³-hybridized carbons (Fsp3) is 0.267. The molecule has 5 N–H and O–H groups in total. The van der Waals surface area contributed by atoms with E-state index in [-0.39, 0.29) is 17.4 Å². The van der Waals surface area contributed by atoms with Gasteiger partial charge in [-0.3, -0.25) is 14.6 Å². The third-order valence-corrected chi connectivity index (χ3v) is 4.02. The van der Waals surface area contributed by atoms with Crippen molar-refractivity contribution in [1.29, 1.82) is 0 Å². The average molecular weight is 300 g/mol. The summed E-state index contributed by atoms with van der Waals surface area (Å²) >= 11 is 0. The Morgan fingerprint density at radius 2 is 2.09 bits per heavy atom. The standard InChI is InChI=1S/C15H16N4O3/c1-7-3-2-4-9-8(7)5-6-10(9)17-14(21)12-11(16)13(20)19-15(22)18-12/h2-4,10H,5-6,16H2,1H3,(H,17,21)(H2,18,19,20,22)/t10-/m1/s1. The van der Waals surface area contributed by atoms with Gasteiger partial charge in [-0.1, -0.05) is 18.2 Å². The van der Waals surface area contributed by atoms with Crippen LogP contribution in [0.25, 0.3) is 0 Å². The van der Waals surface area contributed by atoms with E-state index in [4.69, 9.17) is 5.73 Å². The number of nitrogens with two attached hydrogens (primary N) is 1. The summed E-state index contributed by atoms with van der Waals surface area (Å²) in [6.07, 6.45) is 1.66. The quantitative estimate of drug-likeness (QED) is 0.640. The molecular formula is C15H16N4O3. The Morgan fingerprint density at radius 3 is 2.86 bits per heavy atom. The summed E-state index contributed by atoms with van der Waals surface area (Å²) < 4.78 is 0. The number of aromatic amines is 2. The van der Waals surface area contributed by atoms with Gasteiger partial charge in [-0.2, -0.15) is 0 Å². The third kappa shape index (κ3) is 2.30. The minimum absolute atomic E-state index is 0.149. The Balaban J connectivity index is 1.90. The van der Waals surface area contributed by atoms with Crippen LogP contribution in [0.1, 0.15) is 39.6 Å². The SMILES string of the molecule is Cc1cccc2c1CC[C@H]2NC(=O)c1[nH]c(=O)[nH]c(=O)c1N. The monoisotopic (exact) mass is 300 g/mol. The molecule has 114 valence electrons. The number of aromatic nitrogens is 2. The molecule has 3 rings (SSSR count). The lowest BCUT2D eigenvalue weighted by Gasteiger charge is -2.15. The van der Waals surface area contributed by atoms with E-state index in [1.165, 1.54) is 11.1 Å². The number of H-pyrrole nitrogens is 2. The predicted molar refractivity (Wildman–Crippen MR) is 81.8 cm³/mol. The number of hydrogen-bond acceptors (Lipinski definition) is 4. The van der Waals surface area contributed by atoms with Crippen LogP contribution < -0.4 is 22.3 Å². The molecule has 1 amide bonds. The van der Waals surface area contributed by atoms with E-state index in [9.17, 15) is 14.4 Å². The Morgan fingerprint density at radius 1 is 1.32 bits per heavy atom. The second kappa shape index (κ2) is 5.18. The zero-order valence-electron chi connectivity index (χ0n) is 12.0. The van der Waals surface area contributed by atoms with E-state index < -0.39 is 17.2 Å². The van der Waals surface area contributed by atoms with Crippen molar-refractivity contribution in [2.24, 2.45) is 0 Å². The zero-order valence-corrected chi connectivity index (χ0v) is 12.0. The van der Waals surface area contributed by atoms with Crippen molar-refractivity contribution in [3.63, 3.8) is 0 Å². The number of nitrogen functional groups attached to an aromatic ring is 1. The number of aryl methyl sites for hydroxylation is 1. The first-order chi connectivity index (χ1) is 10.5. The summed E-state index contributed by atoms with van der Waals surface area (Å²) in [5, 5.41) is 2.83. The van der Waals surface area contributed by atoms with Crippen LogP contribution in [0.4, 0.5) is 5.69 Å². The maximum atomic E-state index is 12.3. The first-order valence-electron chi connectivity index (χ1n) is 6.98. The summed E-state index contributed by atoms with van der Waals surface area (Å²) in [6.45, 7) is 2.04. The first-order valence-corrected chi connectivity index (χ1v) is 6.98. The summed E-state index contributed by atoms with van der Waals surface area (Å²) in [4.78, 5) is 39.3. The van der Waals surface area contributed by atoms with Crippen LogP contribution in [-0.4, -0.2) is 15.9 Å². The Hall–Kier alpha value is -2.83. The molecule has 1 atom stereocenters. The summed E-state index contributed by atoms with van der Waals surface area (Å²) in [5.41, 5.74) is 7.05. The lowest BCUT2D eigenvalue weighted by Crippen LogP contribution is -2.34. The summed E-state index contributed by atoms with van der Waals surface area (Å²) in [7, 11) is 0. The first kappa shape index (κ1) is 14.1. The Labute approximate surface area is 125 Å². The van der Waals surface area contributed by atoms with Crippen LogP contribution in [0.2, 0.25) is 0 Å². The number of nitrogens with one attached hydrogen (secondary N) is 3. The maximum absolute atomic E-state index is 12.3. The Bertz CT molecular complexity index is 866. The highest BCUT2D eigenvalue weighted by atomic mass is 16.2. The number of amides is 1. The molecule has 0 bridgehead atoms. The molecule has 0 aliphatic heterocycles. The Kier molecular flexibility index (Phi) is 3.32. The van der Waals surface area contributed by atoms with Crippen molar-refractivity contribution in [2.45, 2.75) is 25.8 Å². The van der Waals surface area contributed by atoms with Crippen LogP contribution in [0, 0.1) is 6.92 Å². The van der Waals surface area contributed by atoms with E-state index in [0.29, 0.717) is 0 Å². The highest BCUT2D eigenvalue weighted by Crippen LogP contribution is 2.33. The van der Waals surface area contributed by atoms with Gasteiger partial charge in [0, 0.05) is 0 Å². The second-order valence-electron chi connectivity index (χ2n) is 5.40. The zero-order chi connectivity index (χ0) is 15.9. The summed E-state index contributed by atoms with van der Waals surface area (Å²) in [5.74, 6) is -0.556. The molecule has 0 spiro atoms. The van der Waals surface area contributed by atoms with Crippen molar-refractivity contribution in [3.05, 3.63) is 61.4 Å². The van der Waals surface area contributed by atoms with E-state index in [0.717, 1.165) is 18.4 Å². The minimum atomic E-state index is -0.767. The van der Waals surface area contributed by atoms with Gasteiger partial charge in [-0.25, -0.2) is 4.79 Å². The molecule has 0 saturated heterocycles. The van der Waals surface area contributed by atoms with Gasteiger partial charge in [-0.05, 0) is 36.5 Å². The number of fused-ring (bicyclic) bond motifs is 1. The molecule has 0 fully saturated rings. The molecule has 1 aromatic carbocycles. The molecule has 1 aliphatic rings. The van der Waals surface area contributed by atoms with Gasteiger partial charge in [0.2, 0.25) is 0 Å². The van der Waals surface area contributed by atoms with Gasteiger partial charge in [0.15, 0.2) is 0 Å². The highest BCUT2D eigenvalue weighted by molar-refractivity contribution is 5.97. The molecule has 7 heteroatoms. The van der Waals surface area contributed by atoms with Gasteiger partial charge in [0.25, 0.3) is 11.5 Å².